The fraction of sp³-hybridized carbons (Fsp3) is 0.267. The van der Waals surface area contributed by atoms with E-state index in [-0.39, 0.29) is 5.39 Å². The van der Waals surface area contributed by atoms with E-state index in [1.807, 2.05) is 0 Å². The molecule has 0 atom stereocenters. The number of carbonyl (C=O) groups excluding carboxylic acids is 4. The number of nitrogens with zero attached hydrogens (tertiary/aromatic N) is 5. The second-order valence-electron chi connectivity index (χ2n) is 5.55. The molecule has 0 unspecified atom stereocenters. The van der Waals surface area contributed by atoms with Crippen molar-refractivity contribution in [3.8, 4) is 0 Å². The van der Waals surface area contributed by atoms with Gasteiger partial charge in [0, 0.05) is 14.1 Å². The van der Waals surface area contributed by atoms with E-state index in [9.17, 15) is 24.0 Å². The molecule has 4 amide bonds. The van der Waals surface area contributed by atoms with Crippen molar-refractivity contribution in [1.82, 2.24) is 24.8 Å². The first-order chi connectivity index (χ1) is 11.8. The van der Waals surface area contributed by atoms with Crippen molar-refractivity contribution < 1.29 is 19.2 Å². The normalized spacial score (nSPS) is 16.0. The molecule has 3 rings (SSSR count). The predicted octanol–water partition coefficient (Wildman–Crippen LogP) is -0.973. The van der Waals surface area contributed by atoms with Crippen LogP contribution in [0.15, 0.2) is 29.1 Å². The first-order valence-corrected chi connectivity index (χ1v) is 7.27. The van der Waals surface area contributed by atoms with Crippen molar-refractivity contribution in [1.29, 1.82) is 0 Å². The van der Waals surface area contributed by atoms with Gasteiger partial charge in [0.2, 0.25) is 0 Å². The number of Topliss-reactive ketones (excluding diaryl/α,β-unsaturated/α-hetero) is 1. The number of amides is 4. The van der Waals surface area contributed by atoms with Crippen molar-refractivity contribution in [3.05, 3.63) is 34.6 Å². The van der Waals surface area contributed by atoms with Crippen LogP contribution in [0.5, 0.6) is 0 Å². The fourth-order valence-corrected chi connectivity index (χ4v) is 2.55. The van der Waals surface area contributed by atoms with Crippen molar-refractivity contribution in [2.24, 2.45) is 5.92 Å². The molecule has 2 heterocycles. The average Bonchev–Trinajstić information content (AvgIpc) is 2.61. The molecule has 0 aliphatic carbocycles. The Bertz CT molecular complexity index is 958. The highest BCUT2D eigenvalue weighted by Crippen LogP contribution is 2.16. The maximum atomic E-state index is 12.4. The van der Waals surface area contributed by atoms with Crippen LogP contribution >= 0.6 is 0 Å². The molecule has 1 aliphatic heterocycles. The van der Waals surface area contributed by atoms with Crippen LogP contribution in [0.2, 0.25) is 0 Å². The van der Waals surface area contributed by atoms with Gasteiger partial charge in [-0.2, -0.15) is 0 Å². The van der Waals surface area contributed by atoms with Gasteiger partial charge in [-0.1, -0.05) is 17.3 Å². The van der Waals surface area contributed by atoms with Crippen molar-refractivity contribution in [2.45, 2.75) is 6.54 Å². The third-order valence-electron chi connectivity index (χ3n) is 3.99. The number of barbiturate groups is 1. The Balaban J connectivity index is 1.93. The Morgan fingerprint density at radius 3 is 2.28 bits per heavy atom. The van der Waals surface area contributed by atoms with Gasteiger partial charge in [0.25, 0.3) is 17.4 Å². The molecule has 1 aromatic heterocycles. The van der Waals surface area contributed by atoms with Crippen LogP contribution in [0.3, 0.4) is 0 Å². The number of benzene rings is 1. The minimum absolute atomic E-state index is 0.260. The summed E-state index contributed by atoms with van der Waals surface area (Å²) >= 11 is 0. The monoisotopic (exact) mass is 343 g/mol. The quantitative estimate of drug-likeness (QED) is 0.657. The lowest BCUT2D eigenvalue weighted by Gasteiger charge is -2.31. The van der Waals surface area contributed by atoms with Crippen molar-refractivity contribution in [3.63, 3.8) is 0 Å². The van der Waals surface area contributed by atoms with Gasteiger partial charge in [-0.15, -0.1) is 5.10 Å². The topological polar surface area (TPSA) is 123 Å². The van der Waals surface area contributed by atoms with Crippen LogP contribution in [0, 0.1) is 5.92 Å². The van der Waals surface area contributed by atoms with E-state index in [4.69, 9.17) is 0 Å². The molecule has 0 radical (unpaired) electrons. The molecular weight excluding hydrogens is 330 g/mol. The zero-order valence-corrected chi connectivity index (χ0v) is 13.4. The predicted molar refractivity (Wildman–Crippen MR) is 83.2 cm³/mol. The van der Waals surface area contributed by atoms with Crippen LogP contribution in [0.25, 0.3) is 10.9 Å². The Morgan fingerprint density at radius 1 is 1.04 bits per heavy atom. The second-order valence-corrected chi connectivity index (χ2v) is 5.55. The van der Waals surface area contributed by atoms with Crippen LogP contribution in [-0.4, -0.2) is 62.5 Å². The number of rotatable bonds is 3. The zero-order chi connectivity index (χ0) is 18.3. The van der Waals surface area contributed by atoms with E-state index in [1.54, 1.807) is 18.2 Å². The first-order valence-electron chi connectivity index (χ1n) is 7.27. The molecule has 1 aliphatic rings. The molecule has 0 saturated carbocycles. The summed E-state index contributed by atoms with van der Waals surface area (Å²) in [5.41, 5.74) is -0.196. The fourth-order valence-electron chi connectivity index (χ4n) is 2.55. The third kappa shape index (κ3) is 2.57. The molecule has 1 fully saturated rings. The number of imide groups is 2. The molecule has 2 aromatic rings. The van der Waals surface area contributed by atoms with Crippen LogP contribution in [0.1, 0.15) is 0 Å². The maximum absolute atomic E-state index is 12.4. The number of ketones is 1. The number of hydrogen-bond acceptors (Lipinski definition) is 7. The summed E-state index contributed by atoms with van der Waals surface area (Å²) in [6.45, 7) is -0.602. The molecule has 0 spiro atoms. The Hall–Kier alpha value is -3.43. The zero-order valence-electron chi connectivity index (χ0n) is 13.4. The van der Waals surface area contributed by atoms with Gasteiger partial charge < -0.3 is 0 Å². The molecular formula is C15H13N5O5. The highest BCUT2D eigenvalue weighted by molar-refractivity contribution is 6.26. The van der Waals surface area contributed by atoms with E-state index in [1.165, 1.54) is 20.2 Å². The number of carbonyl (C=O) groups is 4. The van der Waals surface area contributed by atoms with Gasteiger partial charge >= 0.3 is 6.03 Å². The standard InChI is InChI=1S/C15H13N5O5/c1-18-13(23)11(14(24)19(2)15(18)25)10(21)7-20-12(22)8-5-3-4-6-9(8)16-17-20/h3-6,11H,7H2,1-2H3. The second kappa shape index (κ2) is 5.89. The van der Waals surface area contributed by atoms with Gasteiger partial charge in [0.1, 0.15) is 12.1 Å². The first kappa shape index (κ1) is 16.4. The van der Waals surface area contributed by atoms with Crippen LogP contribution < -0.4 is 5.56 Å². The van der Waals surface area contributed by atoms with Crippen molar-refractivity contribution >= 4 is 34.5 Å². The summed E-state index contributed by atoms with van der Waals surface area (Å²) in [5, 5.41) is 7.76. The van der Waals surface area contributed by atoms with Crippen molar-refractivity contribution in [2.75, 3.05) is 14.1 Å². The highest BCUT2D eigenvalue weighted by atomic mass is 16.2. The SMILES string of the molecule is CN1C(=O)C(C(=O)Cn2nnc3ccccc3c2=O)C(=O)N(C)C1=O. The van der Waals surface area contributed by atoms with Crippen LogP contribution in [0.4, 0.5) is 4.79 Å². The molecule has 0 N–H and O–H groups in total. The molecule has 10 heteroatoms. The summed E-state index contributed by atoms with van der Waals surface area (Å²) in [6.07, 6.45) is 0. The average molecular weight is 343 g/mol. The van der Waals surface area contributed by atoms with E-state index in [0.29, 0.717) is 15.3 Å². The summed E-state index contributed by atoms with van der Waals surface area (Å²) in [7, 11) is 2.35. The Labute approximate surface area is 140 Å². The highest BCUT2D eigenvalue weighted by Gasteiger charge is 2.46. The minimum atomic E-state index is -1.69. The molecule has 1 saturated heterocycles. The Morgan fingerprint density at radius 2 is 1.64 bits per heavy atom. The lowest BCUT2D eigenvalue weighted by atomic mass is 9.98. The van der Waals surface area contributed by atoms with E-state index in [0.717, 1.165) is 4.68 Å². The summed E-state index contributed by atoms with van der Waals surface area (Å²) in [4.78, 5) is 62.1. The van der Waals surface area contributed by atoms with Gasteiger partial charge in [0.15, 0.2) is 11.7 Å². The lowest BCUT2D eigenvalue weighted by molar-refractivity contribution is -0.152. The van der Waals surface area contributed by atoms with E-state index in [2.05, 4.69) is 10.3 Å². The molecule has 10 nitrogen and oxygen atoms in total. The van der Waals surface area contributed by atoms with Gasteiger partial charge in [0.05, 0.1) is 5.39 Å². The van der Waals surface area contributed by atoms with E-state index >= 15 is 0 Å². The smallest absolute Gasteiger partial charge is 0.296 e. The number of hydrogen-bond donors (Lipinski definition) is 0. The number of aromatic nitrogens is 3. The summed E-state index contributed by atoms with van der Waals surface area (Å²) < 4.78 is 0.793. The molecule has 128 valence electrons. The van der Waals surface area contributed by atoms with E-state index < -0.39 is 41.7 Å². The lowest BCUT2D eigenvalue weighted by Crippen LogP contribution is -2.59. The maximum Gasteiger partial charge on any atom is 0.332 e. The minimum Gasteiger partial charge on any atom is -0.296 e. The number of urea groups is 1. The summed E-state index contributed by atoms with van der Waals surface area (Å²) in [6, 6.07) is 5.64. The van der Waals surface area contributed by atoms with Gasteiger partial charge in [-0.05, 0) is 12.1 Å². The van der Waals surface area contributed by atoms with Crippen LogP contribution in [-0.2, 0) is 20.9 Å². The van der Waals surface area contributed by atoms with Gasteiger partial charge in [-0.25, -0.2) is 9.48 Å². The largest absolute Gasteiger partial charge is 0.332 e. The molecule has 0 bridgehead atoms. The van der Waals surface area contributed by atoms with Gasteiger partial charge in [-0.3, -0.25) is 29.0 Å². The summed E-state index contributed by atoms with van der Waals surface area (Å²) in [5.74, 6) is -4.39. The number of fused-ring (bicyclic) bond motifs is 1. The Kier molecular flexibility index (Phi) is 3.87. The third-order valence-corrected chi connectivity index (χ3v) is 3.99. The molecule has 25 heavy (non-hydrogen) atoms. The molecule has 1 aromatic carbocycles.